The van der Waals surface area contributed by atoms with Crippen molar-refractivity contribution in [3.8, 4) is 17.6 Å². The van der Waals surface area contributed by atoms with Crippen LogP contribution in [-0.4, -0.2) is 10.5 Å². The van der Waals surface area contributed by atoms with Gasteiger partial charge in [0.25, 0.3) is 0 Å². The fourth-order valence-electron chi connectivity index (χ4n) is 3.29. The maximum Gasteiger partial charge on any atom is 0.244 e. The molecule has 0 radical (unpaired) electrons. The molecule has 4 rings (SSSR count). The van der Waals surface area contributed by atoms with E-state index in [0.717, 1.165) is 5.56 Å². The Labute approximate surface area is 178 Å². The molecule has 1 amide bonds. The van der Waals surface area contributed by atoms with Gasteiger partial charge in [0.15, 0.2) is 5.75 Å². The first-order valence-corrected chi connectivity index (χ1v) is 9.71. The number of carbonyl (C=O) groups is 1. The van der Waals surface area contributed by atoms with E-state index in [1.807, 2.05) is 43.3 Å². The summed E-state index contributed by atoms with van der Waals surface area (Å²) in [4.78, 5) is 25.2. The lowest BCUT2D eigenvalue weighted by atomic mass is 10.1. The number of para-hydroxylation sites is 3. The van der Waals surface area contributed by atoms with Crippen LogP contribution in [0.4, 0.5) is 5.69 Å². The molecule has 1 aromatic heterocycles. The van der Waals surface area contributed by atoms with Crippen molar-refractivity contribution in [2.45, 2.75) is 13.5 Å². The second-order valence-corrected chi connectivity index (χ2v) is 7.09. The second kappa shape index (κ2) is 8.56. The normalized spacial score (nSPS) is 10.5. The first-order chi connectivity index (χ1) is 15.0. The smallest absolute Gasteiger partial charge is 0.244 e. The molecule has 0 fully saturated rings. The molecule has 1 N–H and O–H groups in total. The number of aryl methyl sites for hydroxylation is 1. The van der Waals surface area contributed by atoms with Crippen LogP contribution in [0, 0.1) is 18.3 Å². The lowest BCUT2D eigenvalue weighted by Gasteiger charge is -2.14. The predicted octanol–water partition coefficient (Wildman–Crippen LogP) is 4.61. The van der Waals surface area contributed by atoms with Crippen LogP contribution in [0.3, 0.4) is 0 Å². The number of nitriles is 1. The van der Waals surface area contributed by atoms with Crippen molar-refractivity contribution in [3.63, 3.8) is 0 Å². The fourth-order valence-corrected chi connectivity index (χ4v) is 3.29. The van der Waals surface area contributed by atoms with Gasteiger partial charge in [-0.3, -0.25) is 9.59 Å². The Kier molecular flexibility index (Phi) is 5.50. The van der Waals surface area contributed by atoms with E-state index in [4.69, 9.17) is 4.74 Å². The number of anilines is 1. The molecule has 1 heterocycles. The number of ether oxygens (including phenoxy) is 1. The number of carbonyl (C=O) groups excluding carboxylic acids is 1. The van der Waals surface area contributed by atoms with Crippen molar-refractivity contribution in [3.05, 3.63) is 100 Å². The van der Waals surface area contributed by atoms with E-state index in [2.05, 4.69) is 5.32 Å². The quantitative estimate of drug-likeness (QED) is 0.522. The number of rotatable bonds is 5. The summed E-state index contributed by atoms with van der Waals surface area (Å²) in [6, 6.07) is 23.6. The Balaban J connectivity index is 1.59. The van der Waals surface area contributed by atoms with Gasteiger partial charge in [-0.1, -0.05) is 42.0 Å². The lowest BCUT2D eigenvalue weighted by Crippen LogP contribution is -2.21. The number of nitrogens with one attached hydrogen (secondary N) is 1. The van der Waals surface area contributed by atoms with Gasteiger partial charge in [-0.15, -0.1) is 0 Å². The third kappa shape index (κ3) is 4.31. The fraction of sp³-hybridized carbons (Fsp3) is 0.0800. The lowest BCUT2D eigenvalue weighted by molar-refractivity contribution is -0.116. The SMILES string of the molecule is Cc1ccc(Oc2ccccc2NC(=O)Cn2cc(C#N)c(=O)c3ccccc32)cc1. The Morgan fingerprint density at radius 1 is 1.03 bits per heavy atom. The van der Waals surface area contributed by atoms with Gasteiger partial charge in [0, 0.05) is 11.6 Å². The van der Waals surface area contributed by atoms with Crippen LogP contribution in [0.1, 0.15) is 11.1 Å². The Morgan fingerprint density at radius 3 is 2.52 bits per heavy atom. The molecule has 0 aliphatic carbocycles. The largest absolute Gasteiger partial charge is 0.455 e. The molecule has 0 saturated carbocycles. The highest BCUT2D eigenvalue weighted by molar-refractivity contribution is 5.93. The van der Waals surface area contributed by atoms with Crippen LogP contribution in [-0.2, 0) is 11.3 Å². The zero-order valence-corrected chi connectivity index (χ0v) is 16.8. The van der Waals surface area contributed by atoms with Gasteiger partial charge < -0.3 is 14.6 Å². The molecule has 0 bridgehead atoms. The molecule has 6 heteroatoms. The van der Waals surface area contributed by atoms with Crippen molar-refractivity contribution in [1.82, 2.24) is 4.57 Å². The van der Waals surface area contributed by atoms with Gasteiger partial charge >= 0.3 is 0 Å². The molecule has 4 aromatic rings. The molecular weight excluding hydrogens is 390 g/mol. The Bertz CT molecular complexity index is 1370. The van der Waals surface area contributed by atoms with Crippen molar-refractivity contribution in [1.29, 1.82) is 5.26 Å². The highest BCUT2D eigenvalue weighted by atomic mass is 16.5. The molecule has 3 aromatic carbocycles. The van der Waals surface area contributed by atoms with Crippen LogP contribution in [0.5, 0.6) is 11.5 Å². The van der Waals surface area contributed by atoms with E-state index >= 15 is 0 Å². The van der Waals surface area contributed by atoms with Gasteiger partial charge in [-0.25, -0.2) is 0 Å². The van der Waals surface area contributed by atoms with Crippen LogP contribution in [0.15, 0.2) is 83.8 Å². The molecule has 0 spiro atoms. The topological polar surface area (TPSA) is 84.1 Å². The Hall–Kier alpha value is -4.37. The monoisotopic (exact) mass is 409 g/mol. The van der Waals surface area contributed by atoms with Gasteiger partial charge in [-0.2, -0.15) is 5.26 Å². The number of pyridine rings is 1. The van der Waals surface area contributed by atoms with Crippen molar-refractivity contribution >= 4 is 22.5 Å². The maximum atomic E-state index is 12.8. The summed E-state index contributed by atoms with van der Waals surface area (Å²) in [7, 11) is 0. The van der Waals surface area contributed by atoms with Gasteiger partial charge in [0.2, 0.25) is 11.3 Å². The summed E-state index contributed by atoms with van der Waals surface area (Å²) >= 11 is 0. The summed E-state index contributed by atoms with van der Waals surface area (Å²) < 4.78 is 7.54. The highest BCUT2D eigenvalue weighted by Crippen LogP contribution is 2.29. The molecular formula is C25H19N3O3. The number of benzene rings is 3. The molecule has 0 unspecified atom stereocenters. The zero-order chi connectivity index (χ0) is 21.8. The average Bonchev–Trinajstić information content (AvgIpc) is 2.78. The molecule has 0 aliphatic rings. The summed E-state index contributed by atoms with van der Waals surface area (Å²) in [5, 5.41) is 12.5. The number of aromatic nitrogens is 1. The predicted molar refractivity (Wildman–Crippen MR) is 119 cm³/mol. The van der Waals surface area contributed by atoms with Crippen LogP contribution in [0.2, 0.25) is 0 Å². The molecule has 0 atom stereocenters. The molecule has 6 nitrogen and oxygen atoms in total. The first-order valence-electron chi connectivity index (χ1n) is 9.71. The minimum Gasteiger partial charge on any atom is -0.455 e. The maximum absolute atomic E-state index is 12.8. The number of hydrogen-bond acceptors (Lipinski definition) is 4. The Morgan fingerprint density at radius 2 is 1.74 bits per heavy atom. The number of nitrogens with zero attached hydrogens (tertiary/aromatic N) is 2. The summed E-state index contributed by atoms with van der Waals surface area (Å²) in [5.74, 6) is 0.872. The van der Waals surface area contributed by atoms with Crippen LogP contribution < -0.4 is 15.5 Å². The van der Waals surface area contributed by atoms with E-state index in [-0.39, 0.29) is 23.4 Å². The minimum atomic E-state index is -0.341. The average molecular weight is 409 g/mol. The summed E-state index contributed by atoms with van der Waals surface area (Å²) in [6.45, 7) is 1.94. The zero-order valence-electron chi connectivity index (χ0n) is 16.8. The molecule has 31 heavy (non-hydrogen) atoms. The third-order valence-corrected chi connectivity index (χ3v) is 4.83. The van der Waals surface area contributed by atoms with Gasteiger partial charge in [-0.05, 0) is 43.3 Å². The van der Waals surface area contributed by atoms with E-state index in [9.17, 15) is 14.9 Å². The van der Waals surface area contributed by atoms with E-state index < -0.39 is 0 Å². The minimum absolute atomic E-state index is 0.00500. The van der Waals surface area contributed by atoms with Gasteiger partial charge in [0.05, 0.1) is 11.2 Å². The second-order valence-electron chi connectivity index (χ2n) is 7.09. The summed E-state index contributed by atoms with van der Waals surface area (Å²) in [6.07, 6.45) is 1.42. The first kappa shape index (κ1) is 19.9. The molecule has 152 valence electrons. The van der Waals surface area contributed by atoms with E-state index in [0.29, 0.717) is 28.1 Å². The highest BCUT2D eigenvalue weighted by Gasteiger charge is 2.13. The van der Waals surface area contributed by atoms with Crippen molar-refractivity contribution in [2.75, 3.05) is 5.32 Å². The van der Waals surface area contributed by atoms with Gasteiger partial charge in [0.1, 0.15) is 23.9 Å². The van der Waals surface area contributed by atoms with Crippen LogP contribution >= 0.6 is 0 Å². The summed E-state index contributed by atoms with van der Waals surface area (Å²) in [5.41, 5.74) is 1.89. The standard InChI is InChI=1S/C25H19N3O3/c1-17-10-12-19(13-11-17)31-23-9-5-3-7-21(23)27-24(29)16-28-15-18(14-26)25(30)20-6-2-4-8-22(20)28/h2-13,15H,16H2,1H3,(H,27,29). The number of hydrogen-bond donors (Lipinski definition) is 1. The van der Waals surface area contributed by atoms with Crippen molar-refractivity contribution in [2.24, 2.45) is 0 Å². The third-order valence-electron chi connectivity index (χ3n) is 4.83. The van der Waals surface area contributed by atoms with E-state index in [1.165, 1.54) is 6.20 Å². The molecule has 0 aliphatic heterocycles. The van der Waals surface area contributed by atoms with E-state index in [1.54, 1.807) is 47.0 Å². The van der Waals surface area contributed by atoms with Crippen molar-refractivity contribution < 1.29 is 9.53 Å². The van der Waals surface area contributed by atoms with Crippen LogP contribution in [0.25, 0.3) is 10.9 Å². The number of fused-ring (bicyclic) bond motifs is 1. The number of amides is 1. The molecule has 0 saturated heterocycles.